The SMILES string of the molecule is Cc1cnc(-c2cc(O)cc(C(=O)NC(C)c3cnc(C(F)(F)F)nc3)c2)s1. The van der Waals surface area contributed by atoms with Gasteiger partial charge in [0.25, 0.3) is 5.91 Å². The van der Waals surface area contributed by atoms with Crippen molar-refractivity contribution in [3.05, 3.63) is 58.6 Å². The number of rotatable bonds is 4. The molecule has 0 radical (unpaired) electrons. The summed E-state index contributed by atoms with van der Waals surface area (Å²) in [6.45, 7) is 3.49. The summed E-state index contributed by atoms with van der Waals surface area (Å²) in [5.41, 5.74) is 1.11. The molecule has 3 aromatic rings. The lowest BCUT2D eigenvalue weighted by Gasteiger charge is -2.15. The average molecular weight is 408 g/mol. The van der Waals surface area contributed by atoms with E-state index in [1.54, 1.807) is 19.2 Å². The third-order valence-corrected chi connectivity index (χ3v) is 4.78. The van der Waals surface area contributed by atoms with Crippen molar-refractivity contribution in [2.45, 2.75) is 26.1 Å². The molecule has 1 aromatic carbocycles. The fourth-order valence-electron chi connectivity index (χ4n) is 2.43. The zero-order valence-corrected chi connectivity index (χ0v) is 15.6. The Bertz CT molecular complexity index is 1000. The van der Waals surface area contributed by atoms with Crippen molar-refractivity contribution >= 4 is 17.2 Å². The van der Waals surface area contributed by atoms with Crippen LogP contribution in [0.15, 0.2) is 36.8 Å². The van der Waals surface area contributed by atoms with Crippen LogP contribution in [0.3, 0.4) is 0 Å². The Hall–Kier alpha value is -3.01. The number of aryl methyl sites for hydroxylation is 1. The van der Waals surface area contributed by atoms with Gasteiger partial charge < -0.3 is 10.4 Å². The smallest absolute Gasteiger partial charge is 0.451 e. The first kappa shape index (κ1) is 19.7. The topological polar surface area (TPSA) is 88.0 Å². The lowest BCUT2D eigenvalue weighted by atomic mass is 10.1. The van der Waals surface area contributed by atoms with Crippen molar-refractivity contribution in [1.82, 2.24) is 20.3 Å². The molecule has 10 heteroatoms. The quantitative estimate of drug-likeness (QED) is 0.678. The lowest BCUT2D eigenvalue weighted by molar-refractivity contribution is -0.145. The Balaban J connectivity index is 1.78. The Morgan fingerprint density at radius 3 is 2.39 bits per heavy atom. The normalized spacial score (nSPS) is 12.6. The molecule has 0 aliphatic rings. The van der Waals surface area contributed by atoms with Gasteiger partial charge in [0, 0.05) is 40.2 Å². The second kappa shape index (κ2) is 7.55. The van der Waals surface area contributed by atoms with Gasteiger partial charge in [0.2, 0.25) is 5.82 Å². The minimum atomic E-state index is -4.63. The van der Waals surface area contributed by atoms with E-state index in [0.717, 1.165) is 17.3 Å². The van der Waals surface area contributed by atoms with E-state index >= 15 is 0 Å². The molecule has 2 N–H and O–H groups in total. The summed E-state index contributed by atoms with van der Waals surface area (Å²) < 4.78 is 37.6. The summed E-state index contributed by atoms with van der Waals surface area (Å²) in [5, 5.41) is 13.3. The second-order valence-corrected chi connectivity index (χ2v) is 7.31. The van der Waals surface area contributed by atoms with Crippen LogP contribution in [0.2, 0.25) is 0 Å². The number of nitrogens with zero attached hydrogens (tertiary/aromatic N) is 3. The fraction of sp³-hybridized carbons (Fsp3) is 0.222. The van der Waals surface area contributed by atoms with Crippen molar-refractivity contribution in [3.8, 4) is 16.3 Å². The number of phenols is 1. The van der Waals surface area contributed by atoms with Gasteiger partial charge in [-0.2, -0.15) is 13.2 Å². The molecule has 1 unspecified atom stereocenters. The first-order valence-corrected chi connectivity index (χ1v) is 8.92. The summed E-state index contributed by atoms with van der Waals surface area (Å²) >= 11 is 1.42. The fourth-order valence-corrected chi connectivity index (χ4v) is 3.18. The molecule has 1 amide bonds. The van der Waals surface area contributed by atoms with E-state index in [1.165, 1.54) is 23.5 Å². The molecule has 0 saturated heterocycles. The molecule has 1 atom stereocenters. The molecule has 0 aliphatic carbocycles. The number of amides is 1. The molecule has 146 valence electrons. The van der Waals surface area contributed by atoms with Gasteiger partial charge in [0.1, 0.15) is 10.8 Å². The molecule has 0 aliphatic heterocycles. The van der Waals surface area contributed by atoms with Crippen molar-refractivity contribution in [2.24, 2.45) is 0 Å². The molecule has 2 heterocycles. The third kappa shape index (κ3) is 4.45. The highest BCUT2D eigenvalue weighted by Crippen LogP contribution is 2.29. The maximum atomic E-state index is 12.5. The van der Waals surface area contributed by atoms with Crippen LogP contribution < -0.4 is 5.32 Å². The minimum absolute atomic E-state index is 0.0963. The molecule has 6 nitrogen and oxygen atoms in total. The summed E-state index contributed by atoms with van der Waals surface area (Å²) in [4.78, 5) is 24.3. The average Bonchev–Trinajstić information content (AvgIpc) is 3.07. The summed E-state index contributed by atoms with van der Waals surface area (Å²) in [6.07, 6.45) is -0.895. The number of thiazole rings is 1. The van der Waals surface area contributed by atoms with Crippen LogP contribution in [-0.2, 0) is 6.18 Å². The Labute approximate surface area is 162 Å². The van der Waals surface area contributed by atoms with Crippen LogP contribution >= 0.6 is 11.3 Å². The lowest BCUT2D eigenvalue weighted by Crippen LogP contribution is -2.27. The van der Waals surface area contributed by atoms with Gasteiger partial charge in [0.15, 0.2) is 0 Å². The molecule has 0 bridgehead atoms. The summed E-state index contributed by atoms with van der Waals surface area (Å²) in [6, 6.07) is 3.75. The Kier molecular flexibility index (Phi) is 5.32. The van der Waals surface area contributed by atoms with Crippen LogP contribution in [-0.4, -0.2) is 26.0 Å². The molecule has 0 spiro atoms. The van der Waals surface area contributed by atoms with Crippen molar-refractivity contribution in [2.75, 3.05) is 0 Å². The number of benzene rings is 1. The number of halogens is 3. The number of hydrogen-bond acceptors (Lipinski definition) is 6. The van der Waals surface area contributed by atoms with Gasteiger partial charge in [-0.05, 0) is 32.0 Å². The van der Waals surface area contributed by atoms with Crippen molar-refractivity contribution in [3.63, 3.8) is 0 Å². The zero-order chi connectivity index (χ0) is 20.5. The maximum absolute atomic E-state index is 12.5. The van der Waals surface area contributed by atoms with Crippen LogP contribution in [0.4, 0.5) is 13.2 Å². The number of carbonyl (C=O) groups excluding carboxylic acids is 1. The molecular weight excluding hydrogens is 393 g/mol. The number of aromatic nitrogens is 3. The second-order valence-electron chi connectivity index (χ2n) is 6.08. The number of hydrogen-bond donors (Lipinski definition) is 2. The standard InChI is InChI=1S/C18H15F3N4O2S/c1-9-6-22-16(28-9)12-3-11(4-14(26)5-12)15(27)25-10(2)13-7-23-17(24-8-13)18(19,20)21/h3-8,10,26H,1-2H3,(H,25,27). The van der Waals surface area contributed by atoms with Crippen LogP contribution in [0.5, 0.6) is 5.75 Å². The number of phenolic OH excluding ortho intramolecular Hbond substituents is 1. The Morgan fingerprint density at radius 2 is 1.82 bits per heavy atom. The molecule has 0 fully saturated rings. The predicted molar refractivity (Wildman–Crippen MR) is 96.9 cm³/mol. The molecule has 3 rings (SSSR count). The first-order chi connectivity index (χ1) is 13.1. The highest BCUT2D eigenvalue weighted by Gasteiger charge is 2.34. The number of alkyl halides is 3. The van der Waals surface area contributed by atoms with E-state index in [1.807, 2.05) is 6.92 Å². The van der Waals surface area contributed by atoms with Crippen LogP contribution in [0, 0.1) is 6.92 Å². The number of carbonyl (C=O) groups is 1. The largest absolute Gasteiger partial charge is 0.508 e. The van der Waals surface area contributed by atoms with E-state index < -0.39 is 23.9 Å². The van der Waals surface area contributed by atoms with Crippen molar-refractivity contribution in [1.29, 1.82) is 0 Å². The minimum Gasteiger partial charge on any atom is -0.508 e. The molecule has 28 heavy (non-hydrogen) atoms. The number of aromatic hydroxyl groups is 1. The van der Waals surface area contributed by atoms with E-state index in [9.17, 15) is 23.1 Å². The van der Waals surface area contributed by atoms with Crippen molar-refractivity contribution < 1.29 is 23.1 Å². The van der Waals surface area contributed by atoms with Gasteiger partial charge in [-0.25, -0.2) is 15.0 Å². The van der Waals surface area contributed by atoms with E-state index in [4.69, 9.17) is 0 Å². The predicted octanol–water partition coefficient (Wildman–Crippen LogP) is 4.12. The molecular formula is C18H15F3N4O2S. The zero-order valence-electron chi connectivity index (χ0n) is 14.8. The van der Waals surface area contributed by atoms with Gasteiger partial charge in [0.05, 0.1) is 6.04 Å². The number of nitrogens with one attached hydrogen (secondary N) is 1. The highest BCUT2D eigenvalue weighted by atomic mass is 32.1. The third-order valence-electron chi connectivity index (χ3n) is 3.82. The molecule has 0 saturated carbocycles. The van der Waals surface area contributed by atoms with Crippen LogP contribution in [0.1, 0.15) is 39.6 Å². The van der Waals surface area contributed by atoms with Crippen LogP contribution in [0.25, 0.3) is 10.6 Å². The highest BCUT2D eigenvalue weighted by molar-refractivity contribution is 7.14. The Morgan fingerprint density at radius 1 is 1.14 bits per heavy atom. The monoisotopic (exact) mass is 408 g/mol. The van der Waals surface area contributed by atoms with E-state index in [-0.39, 0.29) is 11.3 Å². The maximum Gasteiger partial charge on any atom is 0.451 e. The summed E-state index contributed by atoms with van der Waals surface area (Å²) in [7, 11) is 0. The van der Waals surface area contributed by atoms with E-state index in [0.29, 0.717) is 16.1 Å². The molecule has 2 aromatic heterocycles. The first-order valence-electron chi connectivity index (χ1n) is 8.10. The van der Waals surface area contributed by atoms with Gasteiger partial charge in [-0.15, -0.1) is 11.3 Å². The van der Waals surface area contributed by atoms with E-state index in [2.05, 4.69) is 20.3 Å². The van der Waals surface area contributed by atoms with Gasteiger partial charge in [-0.3, -0.25) is 4.79 Å². The van der Waals surface area contributed by atoms with Gasteiger partial charge >= 0.3 is 6.18 Å². The summed E-state index contributed by atoms with van der Waals surface area (Å²) in [5.74, 6) is -1.84. The van der Waals surface area contributed by atoms with Gasteiger partial charge in [-0.1, -0.05) is 0 Å².